The Labute approximate surface area is 133 Å². The van der Waals surface area contributed by atoms with Crippen LogP contribution >= 0.6 is 31.9 Å². The quantitative estimate of drug-likeness (QED) is 0.824. The average Bonchev–Trinajstić information content (AvgIpc) is 2.72. The van der Waals surface area contributed by atoms with Gasteiger partial charge in [-0.2, -0.15) is 0 Å². The molecule has 20 heavy (non-hydrogen) atoms. The molecule has 0 saturated heterocycles. The molecule has 0 fully saturated rings. The van der Waals surface area contributed by atoms with E-state index in [1.807, 2.05) is 18.2 Å². The molecule has 0 bridgehead atoms. The molecule has 1 atom stereocenters. The van der Waals surface area contributed by atoms with Gasteiger partial charge in [0.15, 0.2) is 16.2 Å². The number of rotatable bonds is 2. The Bertz CT molecular complexity index is 627. The second kappa shape index (κ2) is 5.79. The van der Waals surface area contributed by atoms with E-state index in [9.17, 15) is 0 Å². The minimum Gasteiger partial charge on any atom is -0.490 e. The van der Waals surface area contributed by atoms with Crippen LogP contribution in [-0.2, 0) is 0 Å². The number of halogens is 2. The molecule has 1 aromatic heterocycles. The van der Waals surface area contributed by atoms with Crippen LogP contribution in [0.1, 0.15) is 23.6 Å². The molecule has 1 aromatic carbocycles. The molecule has 6 heteroatoms. The molecule has 4 nitrogen and oxygen atoms in total. The van der Waals surface area contributed by atoms with E-state index in [4.69, 9.17) is 19.6 Å². The number of hydrogen-bond acceptors (Lipinski definition) is 4. The molecule has 3 rings (SSSR count). The lowest BCUT2D eigenvalue weighted by molar-refractivity contribution is 0.297. The smallest absolute Gasteiger partial charge is 0.174 e. The zero-order valence-corrected chi connectivity index (χ0v) is 13.7. The summed E-state index contributed by atoms with van der Waals surface area (Å²) in [5, 5.41) is 0. The van der Waals surface area contributed by atoms with Crippen molar-refractivity contribution in [2.75, 3.05) is 13.2 Å². The Morgan fingerprint density at radius 2 is 1.75 bits per heavy atom. The highest BCUT2D eigenvalue weighted by atomic mass is 79.9. The predicted octanol–water partition coefficient (Wildman–Crippen LogP) is 4.01. The van der Waals surface area contributed by atoms with Crippen molar-refractivity contribution in [1.82, 2.24) is 0 Å². The van der Waals surface area contributed by atoms with Crippen LogP contribution < -0.4 is 15.2 Å². The third-order valence-electron chi connectivity index (χ3n) is 3.18. The van der Waals surface area contributed by atoms with Gasteiger partial charge in [0.1, 0.15) is 0 Å². The summed E-state index contributed by atoms with van der Waals surface area (Å²) in [5.74, 6) is 1.48. The van der Waals surface area contributed by atoms with Crippen LogP contribution in [0.2, 0.25) is 0 Å². The fourth-order valence-electron chi connectivity index (χ4n) is 2.13. The monoisotopic (exact) mass is 401 g/mol. The molecular formula is C14H13Br2NO3. The van der Waals surface area contributed by atoms with Crippen molar-refractivity contribution < 1.29 is 13.9 Å². The average molecular weight is 403 g/mol. The number of benzene rings is 1. The first-order valence-corrected chi connectivity index (χ1v) is 7.83. The van der Waals surface area contributed by atoms with Gasteiger partial charge in [-0.25, -0.2) is 0 Å². The molecule has 0 aliphatic carbocycles. The van der Waals surface area contributed by atoms with Gasteiger partial charge in [0, 0.05) is 16.5 Å². The minimum atomic E-state index is -0.311. The van der Waals surface area contributed by atoms with Gasteiger partial charge in [-0.05, 0) is 39.7 Å². The number of fused-ring (bicyclic) bond motifs is 1. The van der Waals surface area contributed by atoms with Gasteiger partial charge in [-0.3, -0.25) is 0 Å². The van der Waals surface area contributed by atoms with Crippen LogP contribution in [0.3, 0.4) is 0 Å². The highest BCUT2D eigenvalue weighted by molar-refractivity contribution is 9.10. The first-order valence-electron chi connectivity index (χ1n) is 6.24. The molecule has 2 N–H and O–H groups in total. The maximum Gasteiger partial charge on any atom is 0.174 e. The zero-order valence-electron chi connectivity index (χ0n) is 10.6. The second-order valence-electron chi connectivity index (χ2n) is 4.50. The third-order valence-corrected chi connectivity index (χ3v) is 4.51. The molecule has 2 aromatic rings. The highest BCUT2D eigenvalue weighted by Gasteiger charge is 2.21. The summed E-state index contributed by atoms with van der Waals surface area (Å²) in [7, 11) is 0. The summed E-state index contributed by atoms with van der Waals surface area (Å²) in [5.41, 5.74) is 8.13. The van der Waals surface area contributed by atoms with Gasteiger partial charge >= 0.3 is 0 Å². The highest BCUT2D eigenvalue weighted by Crippen LogP contribution is 2.39. The van der Waals surface area contributed by atoms with E-state index < -0.39 is 0 Å². The Morgan fingerprint density at radius 1 is 1.05 bits per heavy atom. The first kappa shape index (κ1) is 14.0. The third kappa shape index (κ3) is 2.60. The van der Waals surface area contributed by atoms with Gasteiger partial charge in [0.2, 0.25) is 0 Å². The lowest BCUT2D eigenvalue weighted by Crippen LogP contribution is -2.12. The van der Waals surface area contributed by atoms with E-state index in [1.54, 1.807) is 6.26 Å². The Kier molecular flexibility index (Phi) is 4.05. The Balaban J connectivity index is 2.01. The van der Waals surface area contributed by atoms with Crippen LogP contribution in [0, 0.1) is 0 Å². The lowest BCUT2D eigenvalue weighted by atomic mass is 10.0. The SMILES string of the molecule is NC(c1cc2c(cc1Br)OCCCO2)c1ccoc1Br. The number of hydrogen-bond donors (Lipinski definition) is 1. The fraction of sp³-hybridized carbons (Fsp3) is 0.286. The van der Waals surface area contributed by atoms with Crippen molar-refractivity contribution in [3.63, 3.8) is 0 Å². The molecular weight excluding hydrogens is 390 g/mol. The maximum atomic E-state index is 6.32. The summed E-state index contributed by atoms with van der Waals surface area (Å²) in [6.45, 7) is 1.32. The van der Waals surface area contributed by atoms with E-state index in [1.165, 1.54) is 0 Å². The number of furan rings is 1. The molecule has 1 aliphatic heterocycles. The van der Waals surface area contributed by atoms with Crippen LogP contribution in [0.25, 0.3) is 0 Å². The van der Waals surface area contributed by atoms with Crippen molar-refractivity contribution in [3.8, 4) is 11.5 Å². The molecule has 1 aliphatic rings. The number of nitrogens with two attached hydrogens (primary N) is 1. The van der Waals surface area contributed by atoms with E-state index >= 15 is 0 Å². The Morgan fingerprint density at radius 3 is 2.40 bits per heavy atom. The van der Waals surface area contributed by atoms with E-state index in [-0.39, 0.29) is 6.04 Å². The van der Waals surface area contributed by atoms with Crippen LogP contribution in [0.4, 0.5) is 0 Å². The topological polar surface area (TPSA) is 57.6 Å². The van der Waals surface area contributed by atoms with Crippen molar-refractivity contribution in [2.45, 2.75) is 12.5 Å². The molecule has 2 heterocycles. The van der Waals surface area contributed by atoms with Gasteiger partial charge in [-0.1, -0.05) is 15.9 Å². The molecule has 0 saturated carbocycles. The molecule has 1 unspecified atom stereocenters. The van der Waals surface area contributed by atoms with Crippen molar-refractivity contribution in [3.05, 3.63) is 44.7 Å². The normalized spacial score (nSPS) is 15.8. The fourth-order valence-corrected chi connectivity index (χ4v) is 3.19. The number of ether oxygens (including phenoxy) is 2. The van der Waals surface area contributed by atoms with Crippen LogP contribution in [0.5, 0.6) is 11.5 Å². The molecule has 0 radical (unpaired) electrons. The molecule has 0 spiro atoms. The predicted molar refractivity (Wildman–Crippen MR) is 82.2 cm³/mol. The summed E-state index contributed by atoms with van der Waals surface area (Å²) in [6.07, 6.45) is 2.48. The van der Waals surface area contributed by atoms with E-state index in [2.05, 4.69) is 31.9 Å². The maximum absolute atomic E-state index is 6.32. The first-order chi connectivity index (χ1) is 9.66. The van der Waals surface area contributed by atoms with Crippen LogP contribution in [-0.4, -0.2) is 13.2 Å². The standard InChI is InChI=1S/C14H13Br2NO3/c15-10-7-12-11(18-3-1-4-19-12)6-9(10)13(17)8-2-5-20-14(8)16/h2,5-7,13H,1,3-4,17H2. The van der Waals surface area contributed by atoms with Gasteiger partial charge in [-0.15, -0.1) is 0 Å². The summed E-state index contributed by atoms with van der Waals surface area (Å²) in [6, 6.07) is 5.37. The second-order valence-corrected chi connectivity index (χ2v) is 6.07. The molecule has 106 valence electrons. The van der Waals surface area contributed by atoms with Crippen molar-refractivity contribution >= 4 is 31.9 Å². The van der Waals surface area contributed by atoms with Gasteiger partial charge in [0.05, 0.1) is 25.5 Å². The zero-order chi connectivity index (χ0) is 14.1. The minimum absolute atomic E-state index is 0.311. The Hall–Kier alpha value is -0.980. The molecule has 0 amide bonds. The van der Waals surface area contributed by atoms with E-state index in [0.717, 1.165) is 33.5 Å². The summed E-state index contributed by atoms with van der Waals surface area (Å²) in [4.78, 5) is 0. The van der Waals surface area contributed by atoms with Gasteiger partial charge in [0.25, 0.3) is 0 Å². The largest absolute Gasteiger partial charge is 0.490 e. The van der Waals surface area contributed by atoms with Gasteiger partial charge < -0.3 is 19.6 Å². The van der Waals surface area contributed by atoms with Crippen molar-refractivity contribution in [2.24, 2.45) is 5.73 Å². The van der Waals surface area contributed by atoms with E-state index in [0.29, 0.717) is 17.9 Å². The van der Waals surface area contributed by atoms with Crippen molar-refractivity contribution in [1.29, 1.82) is 0 Å². The summed E-state index contributed by atoms with van der Waals surface area (Å²) >= 11 is 6.91. The lowest BCUT2D eigenvalue weighted by Gasteiger charge is -2.16. The van der Waals surface area contributed by atoms with Crippen LogP contribution in [0.15, 0.2) is 38.0 Å². The summed E-state index contributed by atoms with van der Waals surface area (Å²) < 4.78 is 18.1.